The Kier molecular flexibility index (Phi) is 7.34. The highest BCUT2D eigenvalue weighted by Gasteiger charge is 2.21. The molecule has 0 bridgehead atoms. The van der Waals surface area contributed by atoms with Gasteiger partial charge in [-0.05, 0) is 5.41 Å². The number of nitrogens with zero attached hydrogens (tertiary/aromatic N) is 1. The zero-order valence-electron chi connectivity index (χ0n) is 12.4. The van der Waals surface area contributed by atoms with Crippen molar-refractivity contribution >= 4 is 5.91 Å². The highest BCUT2D eigenvalue weighted by molar-refractivity contribution is 5.76. The van der Waals surface area contributed by atoms with E-state index in [4.69, 9.17) is 14.2 Å². The minimum atomic E-state index is 0.0102. The van der Waals surface area contributed by atoms with Crippen LogP contribution < -0.4 is 0 Å². The minimum Gasteiger partial charge on any atom is -0.377 e. The molecule has 0 aromatic carbocycles. The molecule has 1 aliphatic rings. The normalized spacial score (nSPS) is 20.5. The molecular formula is C14H27NO4. The summed E-state index contributed by atoms with van der Waals surface area (Å²) in [5.41, 5.74) is 0.0102. The summed E-state index contributed by atoms with van der Waals surface area (Å²) in [6, 6.07) is 0. The quantitative estimate of drug-likeness (QED) is 0.723. The van der Waals surface area contributed by atoms with Crippen LogP contribution in [0.2, 0.25) is 0 Å². The maximum atomic E-state index is 12.2. The van der Waals surface area contributed by atoms with E-state index in [0.29, 0.717) is 59.2 Å². The third kappa shape index (κ3) is 8.18. The fraction of sp³-hybridized carbons (Fsp3) is 0.929. The summed E-state index contributed by atoms with van der Waals surface area (Å²) in [5, 5.41) is 0. The maximum Gasteiger partial charge on any atom is 0.223 e. The van der Waals surface area contributed by atoms with Crippen LogP contribution in [-0.2, 0) is 19.0 Å². The van der Waals surface area contributed by atoms with Gasteiger partial charge in [-0.2, -0.15) is 0 Å². The fourth-order valence-electron chi connectivity index (χ4n) is 1.82. The second-order valence-corrected chi connectivity index (χ2v) is 5.96. The average Bonchev–Trinajstić information content (AvgIpc) is 2.27. The Bertz CT molecular complexity index is 251. The highest BCUT2D eigenvalue weighted by atomic mass is 16.5. The highest BCUT2D eigenvalue weighted by Crippen LogP contribution is 2.19. The van der Waals surface area contributed by atoms with Gasteiger partial charge in [0.25, 0.3) is 0 Å². The summed E-state index contributed by atoms with van der Waals surface area (Å²) < 4.78 is 16.2. The minimum absolute atomic E-state index is 0.0102. The molecule has 19 heavy (non-hydrogen) atoms. The topological polar surface area (TPSA) is 48.0 Å². The van der Waals surface area contributed by atoms with Crippen molar-refractivity contribution in [3.05, 3.63) is 0 Å². The van der Waals surface area contributed by atoms with Crippen LogP contribution >= 0.6 is 0 Å². The summed E-state index contributed by atoms with van der Waals surface area (Å²) in [7, 11) is 0. The van der Waals surface area contributed by atoms with E-state index in [1.807, 2.05) is 4.90 Å². The van der Waals surface area contributed by atoms with Crippen molar-refractivity contribution in [2.45, 2.75) is 27.2 Å². The zero-order valence-corrected chi connectivity index (χ0v) is 12.4. The molecule has 0 radical (unpaired) electrons. The molecule has 0 saturated carbocycles. The SMILES string of the molecule is CC(C)(C)CC(=O)N1CCOCCOCCOCC1. The van der Waals surface area contributed by atoms with E-state index in [-0.39, 0.29) is 11.3 Å². The van der Waals surface area contributed by atoms with E-state index >= 15 is 0 Å². The standard InChI is InChI=1S/C14H27NO4/c1-14(2,3)12-13(16)15-4-6-17-8-10-19-11-9-18-7-5-15/h4-12H2,1-3H3. The van der Waals surface area contributed by atoms with E-state index < -0.39 is 0 Å². The molecule has 0 N–H and O–H groups in total. The smallest absolute Gasteiger partial charge is 0.223 e. The molecule has 5 nitrogen and oxygen atoms in total. The average molecular weight is 273 g/mol. The monoisotopic (exact) mass is 273 g/mol. The van der Waals surface area contributed by atoms with Crippen LogP contribution in [0.25, 0.3) is 0 Å². The van der Waals surface area contributed by atoms with Crippen LogP contribution in [0.15, 0.2) is 0 Å². The van der Waals surface area contributed by atoms with Crippen LogP contribution in [0.5, 0.6) is 0 Å². The van der Waals surface area contributed by atoms with Crippen molar-refractivity contribution in [1.82, 2.24) is 4.90 Å². The first-order valence-electron chi connectivity index (χ1n) is 7.00. The van der Waals surface area contributed by atoms with Gasteiger partial charge in [0.15, 0.2) is 0 Å². The van der Waals surface area contributed by atoms with Crippen molar-refractivity contribution in [2.24, 2.45) is 5.41 Å². The van der Waals surface area contributed by atoms with Gasteiger partial charge in [-0.15, -0.1) is 0 Å². The van der Waals surface area contributed by atoms with E-state index in [2.05, 4.69) is 20.8 Å². The molecule has 0 spiro atoms. The van der Waals surface area contributed by atoms with E-state index in [1.54, 1.807) is 0 Å². The van der Waals surface area contributed by atoms with E-state index in [1.165, 1.54) is 0 Å². The van der Waals surface area contributed by atoms with Crippen LogP contribution in [0.4, 0.5) is 0 Å². The van der Waals surface area contributed by atoms with Gasteiger partial charge < -0.3 is 19.1 Å². The largest absolute Gasteiger partial charge is 0.377 e. The molecule has 1 saturated heterocycles. The number of amides is 1. The molecule has 1 fully saturated rings. The Labute approximate surface area is 116 Å². The molecule has 1 aliphatic heterocycles. The first-order valence-corrected chi connectivity index (χ1v) is 7.00. The third-order valence-corrected chi connectivity index (χ3v) is 2.79. The Hall–Kier alpha value is -0.650. The van der Waals surface area contributed by atoms with Gasteiger partial charge in [-0.3, -0.25) is 4.79 Å². The van der Waals surface area contributed by atoms with Gasteiger partial charge in [0.1, 0.15) is 0 Å². The Balaban J connectivity index is 2.44. The number of carbonyl (C=O) groups excluding carboxylic acids is 1. The van der Waals surface area contributed by atoms with Gasteiger partial charge >= 0.3 is 0 Å². The Morgan fingerprint density at radius 1 is 0.895 bits per heavy atom. The second kappa shape index (κ2) is 8.51. The van der Waals surface area contributed by atoms with Crippen molar-refractivity contribution in [1.29, 1.82) is 0 Å². The number of hydrogen-bond acceptors (Lipinski definition) is 4. The summed E-state index contributed by atoms with van der Waals surface area (Å²) in [6.07, 6.45) is 0.552. The molecule has 112 valence electrons. The molecular weight excluding hydrogens is 246 g/mol. The summed E-state index contributed by atoms with van der Waals surface area (Å²) in [4.78, 5) is 14.1. The van der Waals surface area contributed by atoms with Crippen LogP contribution in [0.3, 0.4) is 0 Å². The fourth-order valence-corrected chi connectivity index (χ4v) is 1.82. The van der Waals surface area contributed by atoms with Gasteiger partial charge in [0, 0.05) is 19.5 Å². The molecule has 0 aromatic heterocycles. The van der Waals surface area contributed by atoms with Crippen LogP contribution in [0, 0.1) is 5.41 Å². The maximum absolute atomic E-state index is 12.2. The summed E-state index contributed by atoms with van der Waals surface area (Å²) >= 11 is 0. The van der Waals surface area contributed by atoms with Gasteiger partial charge in [-0.25, -0.2) is 0 Å². The predicted octanol–water partition coefficient (Wildman–Crippen LogP) is 1.31. The van der Waals surface area contributed by atoms with Crippen molar-refractivity contribution in [3.63, 3.8) is 0 Å². The summed E-state index contributed by atoms with van der Waals surface area (Å²) in [6.45, 7) is 10.9. The van der Waals surface area contributed by atoms with Crippen LogP contribution in [-0.4, -0.2) is 63.5 Å². The molecule has 5 heteroatoms. The summed E-state index contributed by atoms with van der Waals surface area (Å²) in [5.74, 6) is 0.174. The Morgan fingerprint density at radius 2 is 1.32 bits per heavy atom. The first-order chi connectivity index (χ1) is 8.99. The second-order valence-electron chi connectivity index (χ2n) is 5.96. The molecule has 0 aliphatic carbocycles. The zero-order chi connectivity index (χ0) is 14.1. The number of rotatable bonds is 1. The lowest BCUT2D eigenvalue weighted by molar-refractivity contribution is -0.135. The number of hydrogen-bond donors (Lipinski definition) is 0. The molecule has 1 rings (SSSR count). The van der Waals surface area contributed by atoms with E-state index in [9.17, 15) is 4.79 Å². The predicted molar refractivity (Wildman–Crippen MR) is 73.1 cm³/mol. The molecule has 0 unspecified atom stereocenters. The molecule has 0 atom stereocenters. The van der Waals surface area contributed by atoms with Crippen LogP contribution in [0.1, 0.15) is 27.2 Å². The van der Waals surface area contributed by atoms with Crippen molar-refractivity contribution < 1.29 is 19.0 Å². The Morgan fingerprint density at radius 3 is 1.74 bits per heavy atom. The lowest BCUT2D eigenvalue weighted by Crippen LogP contribution is -2.39. The molecule has 1 heterocycles. The number of carbonyl (C=O) groups is 1. The molecule has 1 amide bonds. The lowest BCUT2D eigenvalue weighted by atomic mass is 9.91. The van der Waals surface area contributed by atoms with Crippen molar-refractivity contribution in [2.75, 3.05) is 52.7 Å². The molecule has 0 aromatic rings. The lowest BCUT2D eigenvalue weighted by Gasteiger charge is -2.27. The van der Waals surface area contributed by atoms with Gasteiger partial charge in [0.05, 0.1) is 39.6 Å². The first kappa shape index (κ1) is 16.4. The van der Waals surface area contributed by atoms with E-state index in [0.717, 1.165) is 0 Å². The third-order valence-electron chi connectivity index (χ3n) is 2.79. The number of ether oxygens (including phenoxy) is 3. The van der Waals surface area contributed by atoms with Gasteiger partial charge in [0.2, 0.25) is 5.91 Å². The van der Waals surface area contributed by atoms with Crippen molar-refractivity contribution in [3.8, 4) is 0 Å². The van der Waals surface area contributed by atoms with Gasteiger partial charge in [-0.1, -0.05) is 20.8 Å².